The lowest BCUT2D eigenvalue weighted by Gasteiger charge is -2.45. The lowest BCUT2D eigenvalue weighted by molar-refractivity contribution is -0.222. The molecule has 2 aliphatic heterocycles. The maximum absolute atomic E-state index is 15.0. The summed E-state index contributed by atoms with van der Waals surface area (Å²) in [5.74, 6) is -4.27. The number of pyridine rings is 1. The van der Waals surface area contributed by atoms with Gasteiger partial charge in [-0.05, 0) is 89.5 Å². The second-order valence-corrected chi connectivity index (χ2v) is 19.2. The molecule has 7 atom stereocenters. The van der Waals surface area contributed by atoms with Crippen molar-refractivity contribution in [2.24, 2.45) is 17.8 Å². The molecule has 0 bridgehead atoms. The molecule has 2 aromatic rings. The van der Waals surface area contributed by atoms with Crippen LogP contribution in [-0.2, 0) is 24.4 Å². The van der Waals surface area contributed by atoms with Gasteiger partial charge in [0.05, 0.1) is 17.9 Å². The Hall–Kier alpha value is -4.61. The Labute approximate surface area is 335 Å². The highest BCUT2D eigenvalue weighted by Crippen LogP contribution is 2.48. The van der Waals surface area contributed by atoms with Gasteiger partial charge in [-0.15, -0.1) is 0 Å². The van der Waals surface area contributed by atoms with Crippen molar-refractivity contribution in [3.8, 4) is 11.8 Å². The Balaban J connectivity index is 1.43. The highest BCUT2D eigenvalue weighted by atomic mass is 32.2. The molecule has 318 valence electrons. The number of benzene rings is 1. The predicted octanol–water partition coefficient (Wildman–Crippen LogP) is 5.56. The third kappa shape index (κ3) is 8.17. The molecule has 4 amide bonds. The summed E-state index contributed by atoms with van der Waals surface area (Å²) in [6.07, 6.45) is -2.85. The summed E-state index contributed by atoms with van der Waals surface area (Å²) in [7, 11) is -4.12. The van der Waals surface area contributed by atoms with Gasteiger partial charge in [-0.2, -0.15) is 18.2 Å². The van der Waals surface area contributed by atoms with Crippen LogP contribution in [0.25, 0.3) is 10.8 Å². The second kappa shape index (κ2) is 15.5. The third-order valence-electron chi connectivity index (χ3n) is 12.2. The molecule has 3 fully saturated rings. The number of hydrogen-bond acceptors (Lipinski definition) is 9. The number of carbonyl (C=O) groups excluding carboxylic acids is 3. The number of amides is 4. The van der Waals surface area contributed by atoms with E-state index in [1.165, 1.54) is 13.8 Å². The number of nitrogens with one attached hydrogen (secondary N) is 2. The molecule has 14 nitrogen and oxygen atoms in total. The van der Waals surface area contributed by atoms with E-state index in [1.54, 1.807) is 37.3 Å². The topological polar surface area (TPSA) is 185 Å². The van der Waals surface area contributed by atoms with Crippen molar-refractivity contribution >= 4 is 44.6 Å². The van der Waals surface area contributed by atoms with Gasteiger partial charge in [0, 0.05) is 23.8 Å². The van der Waals surface area contributed by atoms with Crippen molar-refractivity contribution in [2.75, 3.05) is 13.2 Å². The molecule has 1 aromatic carbocycles. The monoisotopic (exact) mass is 835 g/mol. The molecule has 0 unspecified atom stereocenters. The number of hydrogen-bond donors (Lipinski definition) is 3. The van der Waals surface area contributed by atoms with Crippen LogP contribution in [0.4, 0.5) is 18.0 Å². The minimum absolute atomic E-state index is 0.0514. The number of alkyl halides is 3. The summed E-state index contributed by atoms with van der Waals surface area (Å²) in [5.41, 5.74) is -4.75. The molecule has 3 N–H and O–H groups in total. The number of aromatic nitrogens is 1. The van der Waals surface area contributed by atoms with Gasteiger partial charge in [0.15, 0.2) is 0 Å². The first-order chi connectivity index (χ1) is 27.0. The van der Waals surface area contributed by atoms with Crippen molar-refractivity contribution in [3.63, 3.8) is 0 Å². The van der Waals surface area contributed by atoms with Crippen molar-refractivity contribution in [2.45, 2.75) is 127 Å². The summed E-state index contributed by atoms with van der Waals surface area (Å²) in [6, 6.07) is 5.46. The highest BCUT2D eigenvalue weighted by Gasteiger charge is 2.64. The largest absolute Gasteiger partial charge is 0.478 e. The van der Waals surface area contributed by atoms with Gasteiger partial charge in [-0.1, -0.05) is 44.2 Å². The van der Waals surface area contributed by atoms with Crippen LogP contribution in [0.2, 0.25) is 0 Å². The molecule has 2 saturated carbocycles. The summed E-state index contributed by atoms with van der Waals surface area (Å²) < 4.78 is 83.6. The van der Waals surface area contributed by atoms with E-state index in [9.17, 15) is 41.1 Å². The molecule has 4 aliphatic rings. The van der Waals surface area contributed by atoms with Gasteiger partial charge >= 0.3 is 12.3 Å². The van der Waals surface area contributed by atoms with Crippen molar-refractivity contribution in [1.82, 2.24) is 24.8 Å². The van der Waals surface area contributed by atoms with E-state index in [1.807, 2.05) is 19.1 Å². The van der Waals surface area contributed by atoms with Crippen LogP contribution in [0.5, 0.6) is 11.8 Å². The summed E-state index contributed by atoms with van der Waals surface area (Å²) in [4.78, 5) is 62.2. The van der Waals surface area contributed by atoms with E-state index in [2.05, 4.69) is 15.0 Å². The van der Waals surface area contributed by atoms with Gasteiger partial charge in [0.2, 0.25) is 33.6 Å². The fraction of sp³-hybridized carbons (Fsp3) is 0.625. The van der Waals surface area contributed by atoms with Crippen LogP contribution in [0.15, 0.2) is 42.5 Å². The maximum atomic E-state index is 15.0. The number of nitrogens with zero attached hydrogens (tertiary/aromatic N) is 3. The fourth-order valence-electron chi connectivity index (χ4n) is 8.20. The molecule has 18 heteroatoms. The lowest BCUT2D eigenvalue weighted by Crippen LogP contribution is -2.66. The minimum Gasteiger partial charge on any atom is -0.478 e. The van der Waals surface area contributed by atoms with Crippen LogP contribution in [-0.4, -0.2) is 105 Å². The van der Waals surface area contributed by atoms with Gasteiger partial charge in [0.1, 0.15) is 29.3 Å². The highest BCUT2D eigenvalue weighted by molar-refractivity contribution is 7.91. The van der Waals surface area contributed by atoms with E-state index in [-0.39, 0.29) is 55.0 Å². The zero-order chi connectivity index (χ0) is 42.6. The summed E-state index contributed by atoms with van der Waals surface area (Å²) >= 11 is 0. The molecule has 0 radical (unpaired) electrons. The molecule has 0 spiro atoms. The van der Waals surface area contributed by atoms with Crippen LogP contribution in [0.3, 0.4) is 0 Å². The van der Waals surface area contributed by atoms with Crippen molar-refractivity contribution in [1.29, 1.82) is 0 Å². The number of sulfonamides is 1. The van der Waals surface area contributed by atoms with Gasteiger partial charge in [-0.3, -0.25) is 24.0 Å². The number of carboxylic acid groups (broad SMARTS) is 1. The molecule has 6 rings (SSSR count). The smallest absolute Gasteiger partial charge is 0.411 e. The molecular weight excluding hydrogens is 784 g/mol. The standard InChI is InChI=1S/C40H52F3N5O9S/c1-7-56-30-19-25-13-9-11-15-28(25)33(44-30)57-27-20-29-32(49)45-39(35(51)46-58(54,55)38(6)16-17-38)21-26(39)14-10-8-12-23(2)18-24(3)31(34(50)47(29)22-27)48(36(52)53)37(4,5)40(41,42)43/h9-11,13-15,19,23-24,26-27,29,31H,7-8,12,16-18,20-22H2,1-6H3,(H,45,49)(H,46,51)(H,52,53)/t23-,24+,26+,27+,29-,31-,39+/m0/s1. The number of fused-ring (bicyclic) bond motifs is 3. The predicted molar refractivity (Wildman–Crippen MR) is 206 cm³/mol. The van der Waals surface area contributed by atoms with Gasteiger partial charge in [-0.25, -0.2) is 13.2 Å². The Morgan fingerprint density at radius 3 is 2.47 bits per heavy atom. The number of carbonyl (C=O) groups is 4. The molecule has 3 heterocycles. The molecule has 1 aromatic heterocycles. The van der Waals surface area contributed by atoms with Crippen molar-refractivity contribution < 1.29 is 55.3 Å². The van der Waals surface area contributed by atoms with Gasteiger partial charge in [0.25, 0.3) is 5.91 Å². The third-order valence-corrected chi connectivity index (χ3v) is 14.4. The zero-order valence-corrected chi connectivity index (χ0v) is 34.3. The minimum atomic E-state index is -5.09. The molecule has 1 saturated heterocycles. The van der Waals surface area contributed by atoms with E-state index in [0.29, 0.717) is 50.3 Å². The maximum Gasteiger partial charge on any atom is 0.411 e. The van der Waals surface area contributed by atoms with Crippen LogP contribution in [0, 0.1) is 17.8 Å². The Bertz CT molecular complexity index is 2090. The summed E-state index contributed by atoms with van der Waals surface area (Å²) in [6.45, 7) is 7.98. The summed E-state index contributed by atoms with van der Waals surface area (Å²) in [5, 5.41) is 14.5. The van der Waals surface area contributed by atoms with E-state index in [4.69, 9.17) is 9.47 Å². The molecular formula is C40H52F3N5O9S. The quantitative estimate of drug-likeness (QED) is 0.271. The number of rotatable bonds is 9. The normalized spacial score (nSPS) is 28.9. The van der Waals surface area contributed by atoms with E-state index >= 15 is 4.79 Å². The lowest BCUT2D eigenvalue weighted by atomic mass is 9.85. The second-order valence-electron chi connectivity index (χ2n) is 17.0. The number of ether oxygens (including phenoxy) is 2. The Morgan fingerprint density at radius 2 is 1.83 bits per heavy atom. The van der Waals surface area contributed by atoms with Crippen LogP contribution < -0.4 is 19.5 Å². The van der Waals surface area contributed by atoms with E-state index < -0.39 is 85.9 Å². The van der Waals surface area contributed by atoms with Crippen molar-refractivity contribution in [3.05, 3.63) is 42.5 Å². The average molecular weight is 836 g/mol. The zero-order valence-electron chi connectivity index (χ0n) is 33.5. The molecule has 58 heavy (non-hydrogen) atoms. The van der Waals surface area contributed by atoms with Gasteiger partial charge < -0.3 is 24.8 Å². The van der Waals surface area contributed by atoms with Crippen LogP contribution in [0.1, 0.15) is 86.5 Å². The SMILES string of the molecule is CCOc1cc2ccccc2c(O[C@@H]2C[C@H]3C(=O)N[C@]4(C(=O)NS(=O)(=O)C5(C)CC5)C[C@H]4C=CCC[C@H](C)C[C@@H](C)[C@H](N(C(=O)O)C(C)(C)C(F)(F)F)C(=O)N3C2)n1. The first-order valence-corrected chi connectivity index (χ1v) is 21.2. The van der Waals surface area contributed by atoms with E-state index in [0.717, 1.165) is 4.90 Å². The Kier molecular flexibility index (Phi) is 11.5. The molecule has 2 aliphatic carbocycles. The number of halogens is 3. The number of allylic oxidation sites excluding steroid dienone is 1. The first kappa shape index (κ1) is 43.0. The van der Waals surface area contributed by atoms with Crippen LogP contribution >= 0.6 is 0 Å². The Morgan fingerprint density at radius 1 is 1.14 bits per heavy atom. The first-order valence-electron chi connectivity index (χ1n) is 19.7. The average Bonchev–Trinajstić information content (AvgIpc) is 4.01. The fourth-order valence-corrected chi connectivity index (χ4v) is 9.51.